The minimum absolute atomic E-state index is 0.142. The normalized spacial score (nSPS) is 19.2. The van der Waals surface area contributed by atoms with Crippen molar-refractivity contribution in [2.45, 2.75) is 43.2 Å². The number of nitrogens with one attached hydrogen (secondary N) is 1. The summed E-state index contributed by atoms with van der Waals surface area (Å²) in [6, 6.07) is 9.99. The highest BCUT2D eigenvalue weighted by Gasteiger charge is 2.37. The number of hydrogen-bond donors (Lipinski definition) is 1. The molecule has 1 aliphatic rings. The van der Waals surface area contributed by atoms with Crippen molar-refractivity contribution in [3.63, 3.8) is 0 Å². The predicted octanol–water partition coefficient (Wildman–Crippen LogP) is 3.39. The lowest BCUT2D eigenvalue weighted by Crippen LogP contribution is -2.52. The average Bonchev–Trinajstić information content (AvgIpc) is 2.70. The zero-order chi connectivity index (χ0) is 20.3. The second kappa shape index (κ2) is 8.36. The second-order valence-corrected chi connectivity index (χ2v) is 8.73. The summed E-state index contributed by atoms with van der Waals surface area (Å²) >= 11 is 0. The monoisotopic (exact) mass is 408 g/mol. The Morgan fingerprint density at radius 3 is 2.50 bits per heavy atom. The highest BCUT2D eigenvalue weighted by Crippen LogP contribution is 2.26. The van der Waals surface area contributed by atoms with E-state index in [2.05, 4.69) is 5.32 Å². The van der Waals surface area contributed by atoms with Crippen molar-refractivity contribution in [3.05, 3.63) is 65.7 Å². The van der Waals surface area contributed by atoms with Crippen LogP contribution in [0.5, 0.6) is 0 Å². The lowest BCUT2D eigenvalue weighted by Gasteiger charge is -2.34. The molecule has 0 spiro atoms. The van der Waals surface area contributed by atoms with Crippen molar-refractivity contribution in [1.29, 1.82) is 0 Å². The largest absolute Gasteiger partial charge is 0.348 e. The van der Waals surface area contributed by atoms with Crippen LogP contribution in [0.3, 0.4) is 0 Å². The lowest BCUT2D eigenvalue weighted by atomic mass is 10.0. The van der Waals surface area contributed by atoms with Gasteiger partial charge in [0.2, 0.25) is 15.9 Å². The number of carbonyl (C=O) groups is 1. The summed E-state index contributed by atoms with van der Waals surface area (Å²) in [7, 11) is -3.81. The topological polar surface area (TPSA) is 66.5 Å². The fraction of sp³-hybridized carbons (Fsp3) is 0.350. The Balaban J connectivity index is 1.79. The van der Waals surface area contributed by atoms with E-state index in [0.29, 0.717) is 18.4 Å². The second-order valence-electron chi connectivity index (χ2n) is 6.84. The molecule has 1 fully saturated rings. The van der Waals surface area contributed by atoms with Gasteiger partial charge in [0.1, 0.15) is 6.04 Å². The molecule has 1 aliphatic heterocycles. The fourth-order valence-corrected chi connectivity index (χ4v) is 5.03. The van der Waals surface area contributed by atoms with Gasteiger partial charge in [0.15, 0.2) is 11.6 Å². The quantitative estimate of drug-likeness (QED) is 0.825. The summed E-state index contributed by atoms with van der Waals surface area (Å²) in [6.07, 6.45) is 1.81. The van der Waals surface area contributed by atoms with Crippen molar-refractivity contribution in [1.82, 2.24) is 9.62 Å². The molecule has 1 amide bonds. The van der Waals surface area contributed by atoms with E-state index in [9.17, 15) is 22.0 Å². The van der Waals surface area contributed by atoms with E-state index in [0.717, 1.165) is 18.6 Å². The molecule has 0 radical (unpaired) electrons. The highest BCUT2D eigenvalue weighted by molar-refractivity contribution is 7.89. The van der Waals surface area contributed by atoms with Gasteiger partial charge in [-0.3, -0.25) is 4.79 Å². The first-order valence-corrected chi connectivity index (χ1v) is 10.6. The Kier molecular flexibility index (Phi) is 6.10. The number of amides is 1. The van der Waals surface area contributed by atoms with Gasteiger partial charge in [-0.1, -0.05) is 30.7 Å². The van der Waals surface area contributed by atoms with Crippen LogP contribution in [0.2, 0.25) is 0 Å². The number of piperidine rings is 1. The number of benzene rings is 2. The van der Waals surface area contributed by atoms with Crippen molar-refractivity contribution >= 4 is 15.9 Å². The van der Waals surface area contributed by atoms with Crippen molar-refractivity contribution in [2.24, 2.45) is 0 Å². The SMILES string of the molecule is C[C@H](NC(=O)[C@@H]1CCCCN1S(=O)(=O)c1ccccc1)c1ccc(F)c(F)c1. The van der Waals surface area contributed by atoms with Crippen LogP contribution in [0.25, 0.3) is 0 Å². The molecule has 0 bridgehead atoms. The van der Waals surface area contributed by atoms with E-state index in [1.54, 1.807) is 25.1 Å². The van der Waals surface area contributed by atoms with E-state index >= 15 is 0 Å². The zero-order valence-electron chi connectivity index (χ0n) is 15.4. The van der Waals surface area contributed by atoms with E-state index in [4.69, 9.17) is 0 Å². The highest BCUT2D eigenvalue weighted by atomic mass is 32.2. The third kappa shape index (κ3) is 4.23. The van der Waals surface area contributed by atoms with Crippen molar-refractivity contribution in [3.8, 4) is 0 Å². The van der Waals surface area contributed by atoms with Crippen molar-refractivity contribution < 1.29 is 22.0 Å². The summed E-state index contributed by atoms with van der Waals surface area (Å²) in [5, 5.41) is 2.73. The van der Waals surface area contributed by atoms with Crippen LogP contribution < -0.4 is 5.32 Å². The Morgan fingerprint density at radius 1 is 1.11 bits per heavy atom. The summed E-state index contributed by atoms with van der Waals surface area (Å²) in [4.78, 5) is 13.0. The minimum atomic E-state index is -3.81. The molecule has 2 aromatic rings. The molecule has 1 saturated heterocycles. The van der Waals surface area contributed by atoms with Crippen molar-refractivity contribution in [2.75, 3.05) is 6.54 Å². The first-order valence-electron chi connectivity index (χ1n) is 9.13. The molecule has 0 unspecified atom stereocenters. The maximum atomic E-state index is 13.5. The van der Waals surface area contributed by atoms with Gasteiger partial charge in [0.25, 0.3) is 0 Å². The number of rotatable bonds is 5. The van der Waals surface area contributed by atoms with E-state index in [1.807, 2.05) is 0 Å². The van der Waals surface area contributed by atoms with Gasteiger partial charge in [-0.15, -0.1) is 0 Å². The molecule has 3 rings (SSSR count). The summed E-state index contributed by atoms with van der Waals surface area (Å²) in [5.74, 6) is -2.41. The third-order valence-electron chi connectivity index (χ3n) is 4.91. The van der Waals surface area contributed by atoms with Gasteiger partial charge in [-0.2, -0.15) is 4.31 Å². The number of nitrogens with zero attached hydrogens (tertiary/aromatic N) is 1. The van der Waals surface area contributed by atoms with Crippen LogP contribution in [0.1, 0.15) is 37.8 Å². The fourth-order valence-electron chi connectivity index (χ4n) is 3.36. The van der Waals surface area contributed by atoms with Crippen LogP contribution in [0, 0.1) is 11.6 Å². The summed E-state index contributed by atoms with van der Waals surface area (Å²) in [5.41, 5.74) is 0.403. The van der Waals surface area contributed by atoms with Gasteiger partial charge >= 0.3 is 0 Å². The maximum absolute atomic E-state index is 13.5. The van der Waals surface area contributed by atoms with Crippen LogP contribution in [0.4, 0.5) is 8.78 Å². The Hall–Kier alpha value is -2.32. The molecular weight excluding hydrogens is 386 g/mol. The molecule has 2 aromatic carbocycles. The Labute approximate surface area is 163 Å². The molecule has 28 heavy (non-hydrogen) atoms. The summed E-state index contributed by atoms with van der Waals surface area (Å²) < 4.78 is 53.8. The lowest BCUT2D eigenvalue weighted by molar-refractivity contribution is -0.126. The van der Waals surface area contributed by atoms with Crippen LogP contribution in [-0.4, -0.2) is 31.2 Å². The van der Waals surface area contributed by atoms with Crippen LogP contribution in [-0.2, 0) is 14.8 Å². The first-order chi connectivity index (χ1) is 13.3. The molecule has 0 aromatic heterocycles. The molecule has 0 saturated carbocycles. The number of halogens is 2. The Morgan fingerprint density at radius 2 is 1.82 bits per heavy atom. The van der Waals surface area contributed by atoms with Crippen LogP contribution >= 0.6 is 0 Å². The van der Waals surface area contributed by atoms with Gasteiger partial charge < -0.3 is 5.32 Å². The molecule has 150 valence electrons. The molecule has 8 heteroatoms. The smallest absolute Gasteiger partial charge is 0.243 e. The third-order valence-corrected chi connectivity index (χ3v) is 6.83. The average molecular weight is 408 g/mol. The van der Waals surface area contributed by atoms with Gasteiger partial charge in [0.05, 0.1) is 10.9 Å². The van der Waals surface area contributed by atoms with Gasteiger partial charge in [-0.25, -0.2) is 17.2 Å². The minimum Gasteiger partial charge on any atom is -0.348 e. The number of hydrogen-bond acceptors (Lipinski definition) is 3. The standard InChI is InChI=1S/C20H22F2N2O3S/c1-14(15-10-11-17(21)18(22)13-15)23-20(25)19-9-5-6-12-24(19)28(26,27)16-7-3-2-4-8-16/h2-4,7-8,10-11,13-14,19H,5-6,9,12H2,1H3,(H,23,25)/t14-,19-/m0/s1. The molecule has 2 atom stereocenters. The predicted molar refractivity (Wildman–Crippen MR) is 101 cm³/mol. The molecule has 5 nitrogen and oxygen atoms in total. The Bertz CT molecular complexity index is 951. The molecule has 1 heterocycles. The van der Waals surface area contributed by atoms with Gasteiger partial charge in [-0.05, 0) is 49.6 Å². The zero-order valence-corrected chi connectivity index (χ0v) is 16.3. The van der Waals surface area contributed by atoms with E-state index in [-0.39, 0.29) is 11.4 Å². The number of carbonyl (C=O) groups excluding carboxylic acids is 1. The van der Waals surface area contributed by atoms with E-state index < -0.39 is 39.6 Å². The van der Waals surface area contributed by atoms with Gasteiger partial charge in [0, 0.05) is 6.54 Å². The molecule has 0 aliphatic carbocycles. The molecule has 1 N–H and O–H groups in total. The van der Waals surface area contributed by atoms with Crippen LogP contribution in [0.15, 0.2) is 53.4 Å². The maximum Gasteiger partial charge on any atom is 0.243 e. The number of sulfonamides is 1. The van der Waals surface area contributed by atoms with E-state index in [1.165, 1.54) is 22.5 Å². The summed E-state index contributed by atoms with van der Waals surface area (Å²) in [6.45, 7) is 1.90. The first kappa shape index (κ1) is 20.4. The molecular formula is C20H22F2N2O3S.